The average Bonchev–Trinajstić information content (AvgIpc) is 3.83. The molecule has 0 saturated heterocycles. The van der Waals surface area contributed by atoms with Gasteiger partial charge in [0.25, 0.3) is 6.71 Å². The molecule has 6 nitrogen and oxygen atoms in total. The summed E-state index contributed by atoms with van der Waals surface area (Å²) in [6.07, 6.45) is 9.45. The van der Waals surface area contributed by atoms with Gasteiger partial charge in [0.2, 0.25) is 0 Å². The molecule has 64 heavy (non-hydrogen) atoms. The molecule has 0 spiro atoms. The third kappa shape index (κ3) is 5.34. The lowest BCUT2D eigenvalue weighted by Gasteiger charge is -2.34. The molecule has 296 valence electrons. The van der Waals surface area contributed by atoms with Crippen molar-refractivity contribution in [2.75, 3.05) is 0 Å². The number of aryl methyl sites for hydroxylation is 1. The number of para-hydroxylation sites is 5. The zero-order valence-electron chi connectivity index (χ0n) is 34.5. The topological polar surface area (TPSA) is 75.9 Å². The van der Waals surface area contributed by atoms with Crippen LogP contribution in [0.1, 0.15) is 22.4 Å². The van der Waals surface area contributed by atoms with Gasteiger partial charge in [-0.2, -0.15) is 10.5 Å². The number of hydrogen-bond donors (Lipinski definition) is 0. The molecule has 7 heteroatoms. The van der Waals surface area contributed by atoms with Crippen molar-refractivity contribution in [1.29, 1.82) is 10.5 Å². The molecule has 0 saturated carbocycles. The lowest BCUT2D eigenvalue weighted by molar-refractivity contribution is 0.464. The first-order valence-corrected chi connectivity index (χ1v) is 21.1. The average molecular weight is 817 g/mol. The van der Waals surface area contributed by atoms with Gasteiger partial charge in [-0.1, -0.05) is 115 Å². The van der Waals surface area contributed by atoms with E-state index < -0.39 is 0 Å². The molecule has 0 fully saturated rings. The molecule has 0 radical (unpaired) electrons. The second kappa shape index (κ2) is 14.3. The van der Waals surface area contributed by atoms with Gasteiger partial charge in [0.05, 0.1) is 56.9 Å². The summed E-state index contributed by atoms with van der Waals surface area (Å²) in [5, 5.41) is 25.2. The van der Waals surface area contributed by atoms with Crippen molar-refractivity contribution in [2.24, 2.45) is 0 Å². The minimum absolute atomic E-state index is 0.354. The predicted octanol–water partition coefficient (Wildman–Crippen LogP) is 11.5. The molecular weight excluding hydrogens is 783 g/mol. The van der Waals surface area contributed by atoms with E-state index in [9.17, 15) is 10.5 Å². The van der Waals surface area contributed by atoms with E-state index in [0.29, 0.717) is 34.1 Å². The summed E-state index contributed by atoms with van der Waals surface area (Å²) < 4.78 is 17.9. The molecule has 0 atom stereocenters. The van der Waals surface area contributed by atoms with Gasteiger partial charge in [-0.15, -0.1) is 6.42 Å². The van der Waals surface area contributed by atoms with Crippen molar-refractivity contribution >= 4 is 61.9 Å². The highest BCUT2D eigenvalue weighted by Gasteiger charge is 2.41. The number of nitriles is 2. The van der Waals surface area contributed by atoms with Crippen LogP contribution < -0.4 is 25.9 Å². The lowest BCUT2D eigenvalue weighted by atomic mass is 9.34. The first kappa shape index (κ1) is 36.9. The van der Waals surface area contributed by atoms with E-state index in [1.807, 2.05) is 72.8 Å². The number of benzene rings is 8. The van der Waals surface area contributed by atoms with Gasteiger partial charge in [0.15, 0.2) is 0 Å². The number of ether oxygens (including phenoxy) is 2. The maximum absolute atomic E-state index is 10.9. The van der Waals surface area contributed by atoms with Crippen LogP contribution in [0.3, 0.4) is 0 Å². The number of fused-ring (bicyclic) bond motifs is 8. The molecule has 2 aliphatic heterocycles. The molecule has 0 N–H and O–H groups in total. The molecule has 0 bridgehead atoms. The zero-order valence-corrected chi connectivity index (χ0v) is 34.5. The Balaban J connectivity index is 1.09. The number of allylic oxidation sites excluding steroid dienone is 1. The van der Waals surface area contributed by atoms with Crippen LogP contribution in [-0.4, -0.2) is 15.8 Å². The minimum atomic E-state index is -0.354. The van der Waals surface area contributed by atoms with Crippen LogP contribution in [0.25, 0.3) is 72.4 Å². The van der Waals surface area contributed by atoms with Gasteiger partial charge in [-0.05, 0) is 90.2 Å². The highest BCUT2D eigenvalue weighted by molar-refractivity contribution is 6.98. The van der Waals surface area contributed by atoms with Gasteiger partial charge < -0.3 is 18.6 Å². The van der Waals surface area contributed by atoms with Crippen LogP contribution in [-0.2, 0) is 0 Å². The molecule has 2 aliphatic rings. The number of terminal acetylenes is 1. The second-order valence-electron chi connectivity index (χ2n) is 16.2. The van der Waals surface area contributed by atoms with Crippen LogP contribution in [0.2, 0.25) is 0 Å². The third-order valence-electron chi connectivity index (χ3n) is 12.9. The van der Waals surface area contributed by atoms with E-state index >= 15 is 0 Å². The summed E-state index contributed by atoms with van der Waals surface area (Å²) in [6, 6.07) is 60.5. The van der Waals surface area contributed by atoms with Crippen molar-refractivity contribution in [3.63, 3.8) is 0 Å². The van der Waals surface area contributed by atoms with Crippen LogP contribution in [0, 0.1) is 41.9 Å². The largest absolute Gasteiger partial charge is 0.458 e. The van der Waals surface area contributed by atoms with E-state index in [4.69, 9.17) is 15.9 Å². The predicted molar refractivity (Wildman–Crippen MR) is 258 cm³/mol. The quantitative estimate of drug-likeness (QED) is 0.128. The Morgan fingerprint density at radius 3 is 1.52 bits per heavy atom. The molecule has 2 aromatic heterocycles. The number of nitrogens with zero attached hydrogens (tertiary/aromatic N) is 4. The molecule has 12 rings (SSSR count). The van der Waals surface area contributed by atoms with Crippen molar-refractivity contribution in [2.45, 2.75) is 6.92 Å². The minimum Gasteiger partial charge on any atom is -0.458 e. The number of aromatic nitrogens is 2. The molecule has 0 unspecified atom stereocenters. The van der Waals surface area contributed by atoms with E-state index in [0.717, 1.165) is 94.0 Å². The summed E-state index contributed by atoms with van der Waals surface area (Å²) in [5.74, 6) is 5.18. The second-order valence-corrected chi connectivity index (χ2v) is 16.2. The number of rotatable bonds is 5. The van der Waals surface area contributed by atoms with Gasteiger partial charge in [-0.3, -0.25) is 0 Å². The van der Waals surface area contributed by atoms with Crippen molar-refractivity contribution in [3.8, 4) is 81.1 Å². The Morgan fingerprint density at radius 2 is 0.984 bits per heavy atom. The fourth-order valence-corrected chi connectivity index (χ4v) is 10.1. The van der Waals surface area contributed by atoms with Crippen molar-refractivity contribution in [3.05, 3.63) is 192 Å². The summed E-state index contributed by atoms with van der Waals surface area (Å²) in [6.45, 7) is 1.76. The summed E-state index contributed by atoms with van der Waals surface area (Å²) in [7, 11) is 0. The maximum atomic E-state index is 10.9. The Labute approximate surface area is 369 Å². The molecule has 4 heterocycles. The third-order valence-corrected chi connectivity index (χ3v) is 12.9. The van der Waals surface area contributed by atoms with E-state index in [1.165, 1.54) is 0 Å². The fraction of sp³-hybridized carbons (Fsp3) is 0.0175. The first-order valence-electron chi connectivity index (χ1n) is 21.1. The lowest BCUT2D eigenvalue weighted by Crippen LogP contribution is -2.57. The SMILES string of the molecule is C#C/C=C\c1c(C)c2ccccc2n1-c1ccccc1-c1cc2c(cc1C#N)Oc1cccc3c1B2c1cc(-c2ccccc2-n2c4ccccc4c4ccccc42)c(C#N)cc1O3. The van der Waals surface area contributed by atoms with Gasteiger partial charge in [0, 0.05) is 43.9 Å². The zero-order chi connectivity index (χ0) is 43.1. The normalized spacial score (nSPS) is 12.2. The summed E-state index contributed by atoms with van der Waals surface area (Å²) in [4.78, 5) is 0. The van der Waals surface area contributed by atoms with Crippen LogP contribution in [0.5, 0.6) is 23.0 Å². The summed E-state index contributed by atoms with van der Waals surface area (Å²) >= 11 is 0. The Hall–Kier alpha value is -8.96. The van der Waals surface area contributed by atoms with Gasteiger partial charge >= 0.3 is 0 Å². The van der Waals surface area contributed by atoms with Crippen molar-refractivity contribution < 1.29 is 9.47 Å². The standard InChI is InChI=1S/C57H33BN4O2/c1-3-4-21-47-35(2)38-16-5-10-22-48(38)61(47)51-25-13-8-19-41(51)43-31-45-55(29-36(43)33-59)63-53-27-15-28-54-57(53)58(45)46-32-44(37(34-60)30-56(46)64-54)42-20-9-14-26-52(42)62-49-23-11-6-17-39(49)40-18-7-12-24-50(40)62/h1,4-32H,2H3/b21-4-. The van der Waals surface area contributed by atoms with Crippen LogP contribution >= 0.6 is 0 Å². The summed E-state index contributed by atoms with van der Waals surface area (Å²) in [5.41, 5.74) is 14.1. The molecule has 0 amide bonds. The smallest absolute Gasteiger partial charge is 0.260 e. The van der Waals surface area contributed by atoms with Crippen LogP contribution in [0.15, 0.2) is 170 Å². The van der Waals surface area contributed by atoms with Gasteiger partial charge in [0.1, 0.15) is 23.0 Å². The Kier molecular flexibility index (Phi) is 8.25. The highest BCUT2D eigenvalue weighted by Crippen LogP contribution is 2.42. The Morgan fingerprint density at radius 1 is 0.516 bits per heavy atom. The maximum Gasteiger partial charge on any atom is 0.260 e. The Bertz CT molecular complexity index is 3740. The van der Waals surface area contributed by atoms with Crippen LogP contribution in [0.4, 0.5) is 0 Å². The molecule has 10 aromatic rings. The van der Waals surface area contributed by atoms with E-state index in [-0.39, 0.29) is 6.71 Å². The van der Waals surface area contributed by atoms with Crippen molar-refractivity contribution in [1.82, 2.24) is 9.13 Å². The van der Waals surface area contributed by atoms with Gasteiger partial charge in [-0.25, -0.2) is 0 Å². The molecule has 0 aliphatic carbocycles. The highest BCUT2D eigenvalue weighted by atomic mass is 16.5. The first-order chi connectivity index (χ1) is 31.6. The van der Waals surface area contributed by atoms with E-state index in [1.54, 1.807) is 6.08 Å². The number of hydrogen-bond acceptors (Lipinski definition) is 4. The fourth-order valence-electron chi connectivity index (χ4n) is 10.1. The molecular formula is C57H33BN4O2. The van der Waals surface area contributed by atoms with E-state index in [2.05, 4.69) is 131 Å². The monoisotopic (exact) mass is 816 g/mol. The molecule has 8 aromatic carbocycles.